The Kier molecular flexibility index (Phi) is 6.32. The molecular formula is C20H19F4N3O4. The van der Waals surface area contributed by atoms with E-state index in [1.54, 1.807) is 0 Å². The van der Waals surface area contributed by atoms with Gasteiger partial charge in [-0.1, -0.05) is 13.3 Å². The average molecular weight is 441 g/mol. The molecule has 1 aliphatic heterocycles. The summed E-state index contributed by atoms with van der Waals surface area (Å²) in [5.74, 6) is -9.42. The number of fused-ring (bicyclic) bond motifs is 1. The third-order valence-corrected chi connectivity index (χ3v) is 5.02. The highest BCUT2D eigenvalue weighted by molar-refractivity contribution is 5.99. The Hall–Kier alpha value is -3.37. The second-order valence-corrected chi connectivity index (χ2v) is 7.04. The van der Waals surface area contributed by atoms with E-state index < -0.39 is 63.9 Å². The number of aromatic nitrogens is 1. The SMILES string of the molecule is CCCCN1CCn2cc(C(=O)NCc3c(F)cc(F)c(F)c3F)c(=O)c(O)c2C1=O. The molecule has 2 heterocycles. The van der Waals surface area contributed by atoms with E-state index in [9.17, 15) is 37.1 Å². The van der Waals surface area contributed by atoms with Crippen LogP contribution in [-0.4, -0.2) is 39.5 Å². The number of rotatable bonds is 6. The summed E-state index contributed by atoms with van der Waals surface area (Å²) in [5, 5.41) is 12.3. The number of pyridine rings is 1. The van der Waals surface area contributed by atoms with Crippen molar-refractivity contribution in [1.82, 2.24) is 14.8 Å². The average Bonchev–Trinajstić information content (AvgIpc) is 2.73. The second-order valence-electron chi connectivity index (χ2n) is 7.04. The fourth-order valence-electron chi connectivity index (χ4n) is 3.28. The third-order valence-electron chi connectivity index (χ3n) is 5.02. The van der Waals surface area contributed by atoms with Gasteiger partial charge in [0.2, 0.25) is 5.43 Å². The number of nitrogens with zero attached hydrogens (tertiary/aromatic N) is 2. The minimum atomic E-state index is -1.90. The Morgan fingerprint density at radius 3 is 2.52 bits per heavy atom. The number of carbonyl (C=O) groups is 2. The molecule has 0 spiro atoms. The predicted octanol–water partition coefficient (Wildman–Crippen LogP) is 2.30. The van der Waals surface area contributed by atoms with Crippen LogP contribution in [0.3, 0.4) is 0 Å². The fraction of sp³-hybridized carbons (Fsp3) is 0.350. The highest BCUT2D eigenvalue weighted by atomic mass is 19.2. The van der Waals surface area contributed by atoms with E-state index in [2.05, 4.69) is 0 Å². The molecule has 1 aromatic carbocycles. The molecule has 0 atom stereocenters. The van der Waals surface area contributed by atoms with Crippen LogP contribution in [-0.2, 0) is 13.1 Å². The second kappa shape index (κ2) is 8.78. The Morgan fingerprint density at radius 1 is 1.13 bits per heavy atom. The van der Waals surface area contributed by atoms with Crippen LogP contribution in [0.2, 0.25) is 0 Å². The van der Waals surface area contributed by atoms with Gasteiger partial charge in [0.25, 0.3) is 11.8 Å². The molecule has 11 heteroatoms. The summed E-state index contributed by atoms with van der Waals surface area (Å²) in [6.45, 7) is 2.05. The van der Waals surface area contributed by atoms with Gasteiger partial charge in [-0.15, -0.1) is 0 Å². The highest BCUT2D eigenvalue weighted by Crippen LogP contribution is 2.22. The van der Waals surface area contributed by atoms with E-state index in [0.29, 0.717) is 13.1 Å². The van der Waals surface area contributed by atoms with E-state index in [1.807, 2.05) is 12.2 Å². The maximum atomic E-state index is 13.8. The summed E-state index contributed by atoms with van der Waals surface area (Å²) in [4.78, 5) is 38.9. The van der Waals surface area contributed by atoms with Crippen molar-refractivity contribution in [1.29, 1.82) is 0 Å². The van der Waals surface area contributed by atoms with Crippen molar-refractivity contribution in [2.75, 3.05) is 13.1 Å². The number of hydrogen-bond acceptors (Lipinski definition) is 4. The molecule has 2 amide bonds. The van der Waals surface area contributed by atoms with Crippen LogP contribution >= 0.6 is 0 Å². The molecule has 3 rings (SSSR count). The number of nitrogens with one attached hydrogen (secondary N) is 1. The van der Waals surface area contributed by atoms with Gasteiger partial charge in [-0.05, 0) is 6.42 Å². The first-order valence-electron chi connectivity index (χ1n) is 9.53. The Morgan fingerprint density at radius 2 is 1.84 bits per heavy atom. The smallest absolute Gasteiger partial charge is 0.274 e. The van der Waals surface area contributed by atoms with Gasteiger partial charge in [0.15, 0.2) is 28.9 Å². The number of carbonyl (C=O) groups excluding carboxylic acids is 2. The highest BCUT2D eigenvalue weighted by Gasteiger charge is 2.30. The van der Waals surface area contributed by atoms with Crippen LogP contribution in [0.25, 0.3) is 0 Å². The minimum absolute atomic E-state index is 0.134. The normalized spacial score (nSPS) is 13.3. The molecule has 166 valence electrons. The molecular weight excluding hydrogens is 422 g/mol. The van der Waals surface area contributed by atoms with Crippen molar-refractivity contribution in [3.05, 3.63) is 62.6 Å². The molecule has 7 nitrogen and oxygen atoms in total. The lowest BCUT2D eigenvalue weighted by molar-refractivity contribution is 0.0693. The van der Waals surface area contributed by atoms with E-state index in [-0.39, 0.29) is 18.3 Å². The zero-order valence-corrected chi connectivity index (χ0v) is 16.5. The van der Waals surface area contributed by atoms with Crippen LogP contribution in [0.4, 0.5) is 17.6 Å². The van der Waals surface area contributed by atoms with Crippen LogP contribution < -0.4 is 10.7 Å². The third kappa shape index (κ3) is 4.12. The van der Waals surface area contributed by atoms with Crippen molar-refractivity contribution < 1.29 is 32.3 Å². The molecule has 0 saturated carbocycles. The van der Waals surface area contributed by atoms with Crippen molar-refractivity contribution >= 4 is 11.8 Å². The van der Waals surface area contributed by atoms with Gasteiger partial charge < -0.3 is 19.9 Å². The predicted molar refractivity (Wildman–Crippen MR) is 101 cm³/mol. The molecule has 1 aromatic heterocycles. The largest absolute Gasteiger partial charge is 0.503 e. The Labute approximate surface area is 173 Å². The maximum Gasteiger partial charge on any atom is 0.274 e. The number of benzene rings is 1. The lowest BCUT2D eigenvalue weighted by Crippen LogP contribution is -2.43. The maximum absolute atomic E-state index is 13.8. The monoisotopic (exact) mass is 441 g/mol. The molecule has 0 aliphatic carbocycles. The van der Waals surface area contributed by atoms with Gasteiger partial charge in [0.1, 0.15) is 11.4 Å². The quantitative estimate of drug-likeness (QED) is 0.409. The lowest BCUT2D eigenvalue weighted by atomic mass is 10.1. The summed E-state index contributed by atoms with van der Waals surface area (Å²) in [7, 11) is 0. The van der Waals surface area contributed by atoms with E-state index in [1.165, 1.54) is 9.47 Å². The van der Waals surface area contributed by atoms with Gasteiger partial charge in [-0.25, -0.2) is 17.6 Å². The first-order valence-corrected chi connectivity index (χ1v) is 9.53. The zero-order valence-electron chi connectivity index (χ0n) is 16.5. The molecule has 2 aromatic rings. The van der Waals surface area contributed by atoms with Gasteiger partial charge in [0, 0.05) is 44.0 Å². The van der Waals surface area contributed by atoms with Gasteiger partial charge in [-0.3, -0.25) is 14.4 Å². The van der Waals surface area contributed by atoms with Crippen molar-refractivity contribution in [2.45, 2.75) is 32.9 Å². The summed E-state index contributed by atoms with van der Waals surface area (Å²) >= 11 is 0. The lowest BCUT2D eigenvalue weighted by Gasteiger charge is -2.30. The van der Waals surface area contributed by atoms with Crippen LogP contribution in [0.1, 0.15) is 46.2 Å². The van der Waals surface area contributed by atoms with Crippen molar-refractivity contribution in [3.8, 4) is 5.75 Å². The number of amides is 2. The summed E-state index contributed by atoms with van der Waals surface area (Å²) < 4.78 is 55.1. The number of aromatic hydroxyl groups is 1. The van der Waals surface area contributed by atoms with E-state index in [0.717, 1.165) is 19.0 Å². The topological polar surface area (TPSA) is 91.6 Å². The molecule has 0 bridgehead atoms. The van der Waals surface area contributed by atoms with Crippen LogP contribution in [0, 0.1) is 23.3 Å². The summed E-state index contributed by atoms with van der Waals surface area (Å²) in [6, 6.07) is 0.134. The first kappa shape index (κ1) is 22.3. The molecule has 31 heavy (non-hydrogen) atoms. The molecule has 0 saturated heterocycles. The number of unbranched alkanes of at least 4 members (excludes halogenated alkanes) is 1. The summed E-state index contributed by atoms with van der Waals surface area (Å²) in [6.07, 6.45) is 2.66. The van der Waals surface area contributed by atoms with Gasteiger partial charge in [-0.2, -0.15) is 0 Å². The van der Waals surface area contributed by atoms with Crippen molar-refractivity contribution in [2.24, 2.45) is 0 Å². The van der Waals surface area contributed by atoms with Gasteiger partial charge >= 0.3 is 0 Å². The molecule has 2 N–H and O–H groups in total. The fourth-order valence-corrected chi connectivity index (χ4v) is 3.28. The number of halogens is 4. The van der Waals surface area contributed by atoms with E-state index >= 15 is 0 Å². The summed E-state index contributed by atoms with van der Waals surface area (Å²) in [5.41, 5.74) is -2.89. The zero-order chi connectivity index (χ0) is 22.9. The molecule has 0 fully saturated rings. The van der Waals surface area contributed by atoms with Crippen molar-refractivity contribution in [3.63, 3.8) is 0 Å². The Balaban J connectivity index is 1.86. The Bertz CT molecular complexity index is 1120. The molecule has 0 unspecified atom stereocenters. The molecule has 1 aliphatic rings. The standard InChI is InChI=1S/C20H19F4N3O4/c1-2-3-4-26-5-6-27-9-11(17(28)18(29)16(27)20(26)31)19(30)25-8-10-12(21)7-13(22)15(24)14(10)23/h7,9,29H,2-6,8H2,1H3,(H,25,30). The first-order chi connectivity index (χ1) is 14.7. The van der Waals surface area contributed by atoms with Gasteiger partial charge in [0.05, 0.1) is 0 Å². The van der Waals surface area contributed by atoms with Crippen LogP contribution in [0.5, 0.6) is 5.75 Å². The number of hydrogen-bond donors (Lipinski definition) is 2. The van der Waals surface area contributed by atoms with Crippen LogP contribution in [0.15, 0.2) is 17.1 Å². The minimum Gasteiger partial charge on any atom is -0.503 e. The molecule has 0 radical (unpaired) electrons. The van der Waals surface area contributed by atoms with E-state index in [4.69, 9.17) is 0 Å².